The maximum Gasteiger partial charge on any atom is 0.293 e. The molecule has 3 amide bonds. The molecule has 174 valence electrons. The summed E-state index contributed by atoms with van der Waals surface area (Å²) >= 11 is 0. The summed E-state index contributed by atoms with van der Waals surface area (Å²) in [6, 6.07) is 12.5. The predicted molar refractivity (Wildman–Crippen MR) is 122 cm³/mol. The largest absolute Gasteiger partial charge is 0.496 e. The number of benzene rings is 2. The second-order valence-electron chi connectivity index (χ2n) is 7.61. The Morgan fingerprint density at radius 3 is 2.44 bits per heavy atom. The molecular formula is C23H21N5O6. The Hall–Kier alpha value is -4.54. The molecule has 4 rings (SSSR count). The Morgan fingerprint density at radius 2 is 1.76 bits per heavy atom. The zero-order valence-corrected chi connectivity index (χ0v) is 18.5. The summed E-state index contributed by atoms with van der Waals surface area (Å²) in [6.45, 7) is 1.77. The number of hydrazine groups is 1. The van der Waals surface area contributed by atoms with Gasteiger partial charge >= 0.3 is 0 Å². The van der Waals surface area contributed by atoms with Crippen molar-refractivity contribution in [3.8, 4) is 5.75 Å². The molecule has 11 nitrogen and oxygen atoms in total. The van der Waals surface area contributed by atoms with Gasteiger partial charge in [0.05, 0.1) is 17.5 Å². The first-order chi connectivity index (χ1) is 16.3. The molecule has 2 heterocycles. The van der Waals surface area contributed by atoms with Crippen molar-refractivity contribution < 1.29 is 24.0 Å². The van der Waals surface area contributed by atoms with E-state index < -0.39 is 28.3 Å². The number of ether oxygens (including phenoxy) is 1. The van der Waals surface area contributed by atoms with Crippen LogP contribution in [0.15, 0.2) is 48.5 Å². The van der Waals surface area contributed by atoms with E-state index in [0.717, 1.165) is 11.5 Å². The number of carbonyl (C=O) groups excluding carboxylic acids is 3. The first-order valence-electron chi connectivity index (χ1n) is 10.4. The quantitative estimate of drug-likeness (QED) is 0.454. The number of rotatable bonds is 5. The molecule has 2 aromatic carbocycles. The molecule has 1 fully saturated rings. The molecule has 0 unspecified atom stereocenters. The van der Waals surface area contributed by atoms with E-state index in [0.29, 0.717) is 17.7 Å². The lowest BCUT2D eigenvalue weighted by atomic mass is 10.1. The van der Waals surface area contributed by atoms with Gasteiger partial charge in [-0.1, -0.05) is 12.1 Å². The average Bonchev–Trinajstić information content (AvgIpc) is 3.32. The van der Waals surface area contributed by atoms with Gasteiger partial charge in [0.2, 0.25) is 5.91 Å². The molecule has 0 aliphatic carbocycles. The highest BCUT2D eigenvalue weighted by Crippen LogP contribution is 2.29. The zero-order chi connectivity index (χ0) is 24.4. The van der Waals surface area contributed by atoms with E-state index in [4.69, 9.17) is 4.74 Å². The number of nitro benzene ring substituents is 1. The van der Waals surface area contributed by atoms with Gasteiger partial charge in [-0.15, -0.1) is 0 Å². The lowest BCUT2D eigenvalue weighted by molar-refractivity contribution is -0.384. The number of amides is 3. The summed E-state index contributed by atoms with van der Waals surface area (Å²) in [5, 5.41) is 17.1. The van der Waals surface area contributed by atoms with Crippen LogP contribution in [0.2, 0.25) is 0 Å². The second-order valence-corrected chi connectivity index (χ2v) is 7.61. The van der Waals surface area contributed by atoms with E-state index in [2.05, 4.69) is 10.3 Å². The Balaban J connectivity index is 1.65. The number of nitrogens with zero attached hydrogens (tertiary/aromatic N) is 4. The summed E-state index contributed by atoms with van der Waals surface area (Å²) in [7, 11) is 1.50. The molecule has 0 spiro atoms. The van der Waals surface area contributed by atoms with E-state index in [1.165, 1.54) is 42.3 Å². The Kier molecular flexibility index (Phi) is 6.09. The van der Waals surface area contributed by atoms with Crippen LogP contribution < -0.4 is 10.1 Å². The molecule has 1 aliphatic heterocycles. The van der Waals surface area contributed by atoms with Crippen molar-refractivity contribution >= 4 is 40.0 Å². The molecule has 0 radical (unpaired) electrons. The highest BCUT2D eigenvalue weighted by atomic mass is 16.6. The highest BCUT2D eigenvalue weighted by molar-refractivity contribution is 6.01. The van der Waals surface area contributed by atoms with Crippen LogP contribution in [0.4, 0.5) is 11.4 Å². The van der Waals surface area contributed by atoms with Crippen molar-refractivity contribution in [1.29, 1.82) is 0 Å². The second kappa shape index (κ2) is 9.14. The zero-order valence-electron chi connectivity index (χ0n) is 18.5. The molecule has 1 N–H and O–H groups in total. The lowest BCUT2D eigenvalue weighted by Gasteiger charge is -2.28. The topological polar surface area (TPSA) is 135 Å². The summed E-state index contributed by atoms with van der Waals surface area (Å²) < 4.78 is 5.41. The first-order valence-corrected chi connectivity index (χ1v) is 10.4. The van der Waals surface area contributed by atoms with Crippen LogP contribution in [-0.2, 0) is 4.79 Å². The molecule has 1 saturated heterocycles. The van der Waals surface area contributed by atoms with E-state index in [1.54, 1.807) is 12.1 Å². The number of methoxy groups -OCH3 is 1. The van der Waals surface area contributed by atoms with Gasteiger partial charge in [0.15, 0.2) is 0 Å². The third-order valence-electron chi connectivity index (χ3n) is 5.37. The molecule has 0 bridgehead atoms. The van der Waals surface area contributed by atoms with Crippen LogP contribution in [0.3, 0.4) is 0 Å². The number of nitrogens with one attached hydrogen (secondary N) is 1. The van der Waals surface area contributed by atoms with E-state index >= 15 is 0 Å². The van der Waals surface area contributed by atoms with Crippen LogP contribution >= 0.6 is 0 Å². The number of aromatic nitrogens is 1. The molecule has 1 aromatic heterocycles. The standard InChI is InChI=1S/C23H21N5O6/c1-14(29)24-18-9-8-15(12-20(18)28(32)33)22(30)26-10-5-11-27(26)23(31)19-13-21(34-2)16-6-3-4-7-17(16)25-19/h3-4,6-9,12-13H,5,10-11H2,1-2H3,(H,24,29). The average molecular weight is 463 g/mol. The molecule has 11 heteroatoms. The van der Waals surface area contributed by atoms with Crippen molar-refractivity contribution in [3.63, 3.8) is 0 Å². The van der Waals surface area contributed by atoms with Gasteiger partial charge in [0, 0.05) is 43.1 Å². The third kappa shape index (κ3) is 4.22. The number of nitro groups is 1. The first kappa shape index (κ1) is 22.6. The highest BCUT2D eigenvalue weighted by Gasteiger charge is 2.34. The van der Waals surface area contributed by atoms with Gasteiger partial charge < -0.3 is 10.1 Å². The van der Waals surface area contributed by atoms with Crippen LogP contribution in [0, 0.1) is 10.1 Å². The Labute approximate surface area is 194 Å². The van der Waals surface area contributed by atoms with E-state index in [-0.39, 0.29) is 30.0 Å². The number of para-hydroxylation sites is 1. The number of pyridine rings is 1. The van der Waals surface area contributed by atoms with Gasteiger partial charge in [-0.05, 0) is 30.7 Å². The van der Waals surface area contributed by atoms with Crippen molar-refractivity contribution in [2.45, 2.75) is 13.3 Å². The molecule has 1 aliphatic rings. The molecule has 3 aromatic rings. The summed E-state index contributed by atoms with van der Waals surface area (Å²) in [4.78, 5) is 53.1. The van der Waals surface area contributed by atoms with E-state index in [1.807, 2.05) is 12.1 Å². The maximum atomic E-state index is 13.3. The van der Waals surface area contributed by atoms with Crippen molar-refractivity contribution in [3.05, 3.63) is 69.9 Å². The van der Waals surface area contributed by atoms with Crippen LogP contribution in [0.5, 0.6) is 5.75 Å². The number of carbonyl (C=O) groups is 3. The van der Waals surface area contributed by atoms with Crippen LogP contribution in [-0.4, -0.2) is 57.8 Å². The Morgan fingerprint density at radius 1 is 1.06 bits per heavy atom. The van der Waals surface area contributed by atoms with Gasteiger partial charge in [-0.25, -0.2) is 15.0 Å². The number of hydrogen-bond donors (Lipinski definition) is 1. The summed E-state index contributed by atoms with van der Waals surface area (Å²) in [5.41, 5.74) is 0.271. The van der Waals surface area contributed by atoms with Gasteiger partial charge in [0.25, 0.3) is 17.5 Å². The van der Waals surface area contributed by atoms with Crippen LogP contribution in [0.25, 0.3) is 10.9 Å². The predicted octanol–water partition coefficient (Wildman–Crippen LogP) is 3.01. The number of hydrogen-bond acceptors (Lipinski definition) is 7. The van der Waals surface area contributed by atoms with Crippen LogP contribution in [0.1, 0.15) is 34.2 Å². The molecule has 0 atom stereocenters. The smallest absolute Gasteiger partial charge is 0.293 e. The van der Waals surface area contributed by atoms with Gasteiger partial charge in [0.1, 0.15) is 17.1 Å². The van der Waals surface area contributed by atoms with E-state index in [9.17, 15) is 24.5 Å². The minimum absolute atomic E-state index is 0.0177. The maximum absolute atomic E-state index is 13.3. The Bertz CT molecular complexity index is 1320. The minimum atomic E-state index is -0.680. The fraction of sp³-hybridized carbons (Fsp3) is 0.217. The minimum Gasteiger partial charge on any atom is -0.496 e. The van der Waals surface area contributed by atoms with Crippen molar-refractivity contribution in [2.75, 3.05) is 25.5 Å². The fourth-order valence-corrected chi connectivity index (χ4v) is 3.85. The molecule has 0 saturated carbocycles. The number of fused-ring (bicyclic) bond motifs is 1. The third-order valence-corrected chi connectivity index (χ3v) is 5.37. The summed E-state index contributed by atoms with van der Waals surface area (Å²) in [5.74, 6) is -1.05. The van der Waals surface area contributed by atoms with Crippen molar-refractivity contribution in [1.82, 2.24) is 15.0 Å². The van der Waals surface area contributed by atoms with Gasteiger partial charge in [-0.3, -0.25) is 24.5 Å². The summed E-state index contributed by atoms with van der Waals surface area (Å²) in [6.07, 6.45) is 0.536. The lowest BCUT2D eigenvalue weighted by Crippen LogP contribution is -2.45. The SMILES string of the molecule is COc1cc(C(=O)N2CCCN2C(=O)c2ccc(NC(C)=O)c([N+](=O)[O-])c2)nc2ccccc12. The molecule has 34 heavy (non-hydrogen) atoms. The monoisotopic (exact) mass is 463 g/mol. The number of anilines is 1. The van der Waals surface area contributed by atoms with Crippen molar-refractivity contribution in [2.24, 2.45) is 0 Å². The van der Waals surface area contributed by atoms with Gasteiger partial charge in [-0.2, -0.15) is 0 Å². The fourth-order valence-electron chi connectivity index (χ4n) is 3.85. The normalized spacial score (nSPS) is 13.1. The molecular weight excluding hydrogens is 442 g/mol.